The van der Waals surface area contributed by atoms with Gasteiger partial charge in [-0.25, -0.2) is 0 Å². The second-order valence-corrected chi connectivity index (χ2v) is 5.21. The van der Waals surface area contributed by atoms with Gasteiger partial charge in [-0.3, -0.25) is 0 Å². The zero-order valence-electron chi connectivity index (χ0n) is 9.09. The maximum atomic E-state index is 4.19. The monoisotopic (exact) mass is 220 g/mol. The Hall–Kier alpha value is 0.700. The van der Waals surface area contributed by atoms with E-state index in [1.54, 1.807) is 10.8 Å². The van der Waals surface area contributed by atoms with Crippen molar-refractivity contribution in [2.45, 2.75) is 58.8 Å². The van der Waals surface area contributed by atoms with Crippen molar-refractivity contribution in [1.82, 2.24) is 0 Å². The lowest BCUT2D eigenvalue weighted by molar-refractivity contribution is 0.411. The van der Waals surface area contributed by atoms with Crippen molar-refractivity contribution in [3.05, 3.63) is 0 Å². The Kier molecular flexibility index (Phi) is 11.4. The van der Waals surface area contributed by atoms with Gasteiger partial charge < -0.3 is 0 Å². The fourth-order valence-corrected chi connectivity index (χ4v) is 2.39. The molecule has 0 aromatic rings. The highest BCUT2D eigenvalue weighted by Crippen LogP contribution is 2.22. The highest BCUT2D eigenvalue weighted by molar-refractivity contribution is 8.68. The van der Waals surface area contributed by atoms with Crippen LogP contribution in [0.3, 0.4) is 0 Å². The molecule has 0 bridgehead atoms. The molecule has 0 aliphatic rings. The second-order valence-electron chi connectivity index (χ2n) is 3.77. The summed E-state index contributed by atoms with van der Waals surface area (Å²) in [7, 11) is 1.69. The average molecular weight is 220 g/mol. The van der Waals surface area contributed by atoms with Crippen LogP contribution in [0, 0.1) is 5.92 Å². The zero-order valence-corrected chi connectivity index (χ0v) is 10.8. The molecule has 13 heavy (non-hydrogen) atoms. The van der Waals surface area contributed by atoms with Crippen LogP contribution >= 0.6 is 22.5 Å². The standard InChI is InChI=1S/C11H24S2/c1-3-5-7-11(8-6-4-2)9-10-13-12/h11-12H,3-10H2,1-2H3. The minimum absolute atomic E-state index is 0.972. The molecule has 0 spiro atoms. The summed E-state index contributed by atoms with van der Waals surface area (Å²) in [6.45, 7) is 4.56. The van der Waals surface area contributed by atoms with Gasteiger partial charge in [-0.1, -0.05) is 63.2 Å². The quantitative estimate of drug-likeness (QED) is 0.424. The van der Waals surface area contributed by atoms with Crippen LogP contribution in [-0.2, 0) is 0 Å². The van der Waals surface area contributed by atoms with Crippen molar-refractivity contribution in [3.63, 3.8) is 0 Å². The van der Waals surface area contributed by atoms with E-state index in [2.05, 4.69) is 25.5 Å². The Labute approximate surface area is 93.1 Å². The fraction of sp³-hybridized carbons (Fsp3) is 1.00. The van der Waals surface area contributed by atoms with Gasteiger partial charge in [0.15, 0.2) is 0 Å². The van der Waals surface area contributed by atoms with E-state index in [9.17, 15) is 0 Å². The van der Waals surface area contributed by atoms with Gasteiger partial charge in [-0.15, -0.1) is 11.7 Å². The molecule has 2 heteroatoms. The van der Waals surface area contributed by atoms with E-state index in [1.165, 1.54) is 50.7 Å². The van der Waals surface area contributed by atoms with Gasteiger partial charge in [0.05, 0.1) is 0 Å². The zero-order chi connectivity index (χ0) is 9.94. The molecule has 0 nitrogen and oxygen atoms in total. The van der Waals surface area contributed by atoms with Crippen molar-refractivity contribution in [3.8, 4) is 0 Å². The second kappa shape index (κ2) is 10.8. The largest absolute Gasteiger partial charge is 0.111 e. The summed E-state index contributed by atoms with van der Waals surface area (Å²) in [6, 6.07) is 0. The first-order valence-corrected chi connectivity index (χ1v) is 7.65. The van der Waals surface area contributed by atoms with Gasteiger partial charge in [0.2, 0.25) is 0 Å². The van der Waals surface area contributed by atoms with Crippen LogP contribution in [0.2, 0.25) is 0 Å². The molecular weight excluding hydrogens is 196 g/mol. The van der Waals surface area contributed by atoms with E-state index in [-0.39, 0.29) is 0 Å². The summed E-state index contributed by atoms with van der Waals surface area (Å²) in [6.07, 6.45) is 9.74. The summed E-state index contributed by atoms with van der Waals surface area (Å²) in [5.41, 5.74) is 0. The minimum Gasteiger partial charge on any atom is -0.111 e. The molecule has 0 atom stereocenters. The van der Waals surface area contributed by atoms with E-state index in [0.717, 1.165) is 5.92 Å². The maximum Gasteiger partial charge on any atom is 0.00371 e. The topological polar surface area (TPSA) is 0 Å². The fourth-order valence-electron chi connectivity index (χ4n) is 1.64. The molecule has 0 rings (SSSR count). The summed E-state index contributed by atoms with van der Waals surface area (Å²) in [4.78, 5) is 0. The number of hydrogen-bond donors (Lipinski definition) is 1. The Morgan fingerprint density at radius 1 is 1.00 bits per heavy atom. The molecule has 0 aromatic carbocycles. The third kappa shape index (κ3) is 9.01. The van der Waals surface area contributed by atoms with Gasteiger partial charge >= 0.3 is 0 Å². The van der Waals surface area contributed by atoms with E-state index < -0.39 is 0 Å². The van der Waals surface area contributed by atoms with Crippen molar-refractivity contribution in [2.75, 3.05) is 5.75 Å². The molecule has 0 aromatic heterocycles. The van der Waals surface area contributed by atoms with Crippen LogP contribution in [0.5, 0.6) is 0 Å². The Morgan fingerprint density at radius 2 is 1.54 bits per heavy atom. The van der Waals surface area contributed by atoms with E-state index in [4.69, 9.17) is 0 Å². The van der Waals surface area contributed by atoms with Crippen molar-refractivity contribution in [2.24, 2.45) is 5.92 Å². The van der Waals surface area contributed by atoms with Gasteiger partial charge in [0.1, 0.15) is 0 Å². The Morgan fingerprint density at radius 3 is 1.92 bits per heavy atom. The number of unbranched alkanes of at least 4 members (excludes halogenated alkanes) is 2. The van der Waals surface area contributed by atoms with Crippen molar-refractivity contribution >= 4 is 22.5 Å². The molecule has 0 unspecified atom stereocenters. The van der Waals surface area contributed by atoms with Crippen LogP contribution in [-0.4, -0.2) is 5.75 Å². The van der Waals surface area contributed by atoms with E-state index in [0.29, 0.717) is 0 Å². The van der Waals surface area contributed by atoms with Gasteiger partial charge in [-0.05, 0) is 12.3 Å². The van der Waals surface area contributed by atoms with Gasteiger partial charge in [-0.2, -0.15) is 0 Å². The number of hydrogen-bond acceptors (Lipinski definition) is 2. The Bertz CT molecular complexity index is 75.1. The predicted molar refractivity (Wildman–Crippen MR) is 68.6 cm³/mol. The first-order chi connectivity index (χ1) is 6.35. The highest BCUT2D eigenvalue weighted by Gasteiger charge is 2.06. The van der Waals surface area contributed by atoms with Crippen LogP contribution < -0.4 is 0 Å². The third-order valence-corrected chi connectivity index (χ3v) is 3.52. The van der Waals surface area contributed by atoms with Crippen molar-refractivity contribution < 1.29 is 0 Å². The maximum absolute atomic E-state index is 4.19. The molecule has 0 amide bonds. The molecule has 80 valence electrons. The molecule has 0 N–H and O–H groups in total. The highest BCUT2D eigenvalue weighted by atomic mass is 33.1. The summed E-state index contributed by atoms with van der Waals surface area (Å²) in [5, 5.41) is 0. The minimum atomic E-state index is 0.972. The van der Waals surface area contributed by atoms with Gasteiger partial charge in [0, 0.05) is 5.75 Å². The number of rotatable bonds is 9. The van der Waals surface area contributed by atoms with E-state index >= 15 is 0 Å². The SMILES string of the molecule is CCCCC(CCCC)CCSS. The molecule has 0 radical (unpaired) electrons. The van der Waals surface area contributed by atoms with Crippen molar-refractivity contribution in [1.29, 1.82) is 0 Å². The Balaban J connectivity index is 3.47. The lowest BCUT2D eigenvalue weighted by atomic mass is 9.94. The average Bonchev–Trinajstić information content (AvgIpc) is 2.17. The summed E-state index contributed by atoms with van der Waals surface area (Å²) >= 11 is 4.19. The van der Waals surface area contributed by atoms with Gasteiger partial charge in [0.25, 0.3) is 0 Å². The third-order valence-electron chi connectivity index (χ3n) is 2.55. The van der Waals surface area contributed by atoms with Crippen LogP contribution in [0.15, 0.2) is 0 Å². The molecule has 0 saturated heterocycles. The molecule has 0 aliphatic heterocycles. The van der Waals surface area contributed by atoms with Crippen LogP contribution in [0.1, 0.15) is 58.8 Å². The van der Waals surface area contributed by atoms with Crippen LogP contribution in [0.4, 0.5) is 0 Å². The first-order valence-electron chi connectivity index (χ1n) is 5.61. The molecule has 0 saturated carbocycles. The summed E-state index contributed by atoms with van der Waals surface area (Å²) in [5.74, 6) is 2.20. The lowest BCUT2D eigenvalue weighted by Gasteiger charge is -2.15. The lowest BCUT2D eigenvalue weighted by Crippen LogP contribution is -2.01. The normalized spacial score (nSPS) is 11.1. The first kappa shape index (κ1) is 13.7. The number of thiol groups is 1. The van der Waals surface area contributed by atoms with E-state index in [1.807, 2.05) is 0 Å². The van der Waals surface area contributed by atoms with Crippen LogP contribution in [0.25, 0.3) is 0 Å². The molecule has 0 aliphatic carbocycles. The smallest absolute Gasteiger partial charge is 0.00371 e. The molecule has 0 heterocycles. The molecule has 0 fully saturated rings. The molecular formula is C11H24S2. The predicted octanol–water partition coefficient (Wildman–Crippen LogP) is 4.95. The summed E-state index contributed by atoms with van der Waals surface area (Å²) < 4.78 is 0.